The van der Waals surface area contributed by atoms with E-state index in [-0.39, 0.29) is 0 Å². The molecule has 0 bridgehead atoms. The van der Waals surface area contributed by atoms with Crippen LogP contribution in [0.4, 0.5) is 0 Å². The molecule has 36 valence electrons. The number of hydrogen-bond donors (Lipinski definition) is 0. The van der Waals surface area contributed by atoms with Crippen LogP contribution < -0.4 is 0 Å². The van der Waals surface area contributed by atoms with Gasteiger partial charge in [-0.1, -0.05) is 0 Å². The molecular formula is C3H6INS. The van der Waals surface area contributed by atoms with Crippen LogP contribution in [0.5, 0.6) is 0 Å². The Morgan fingerprint density at radius 1 is 1.50 bits per heavy atom. The molecule has 0 radical (unpaired) electrons. The van der Waals surface area contributed by atoms with Crippen molar-refractivity contribution in [2.45, 2.75) is 6.42 Å². The molecule has 0 N–H and O–H groups in total. The summed E-state index contributed by atoms with van der Waals surface area (Å²) in [6, 6.07) is 0. The Morgan fingerprint density at radius 2 is 2.17 bits per heavy atom. The van der Waals surface area contributed by atoms with Crippen molar-refractivity contribution >= 4 is 30.3 Å². The largest absolute Gasteiger partial charge is 0.242 e. The lowest BCUT2D eigenvalue weighted by Gasteiger charge is -2.25. The van der Waals surface area contributed by atoms with Crippen molar-refractivity contribution < 1.29 is 0 Å². The first kappa shape index (κ1) is 5.18. The van der Waals surface area contributed by atoms with Crippen molar-refractivity contribution in [1.29, 1.82) is 0 Å². The normalized spacial score (nSPS) is 23.5. The van der Waals surface area contributed by atoms with Crippen LogP contribution in [0.25, 0.3) is 0 Å². The van der Waals surface area contributed by atoms with Gasteiger partial charge in [-0.3, -0.25) is 0 Å². The first-order valence-electron chi connectivity index (χ1n) is 1.97. The molecule has 1 saturated heterocycles. The predicted octanol–water partition coefficient (Wildman–Crippen LogP) is 1.69. The molecule has 1 nitrogen and oxygen atoms in total. The van der Waals surface area contributed by atoms with Gasteiger partial charge < -0.3 is 0 Å². The molecule has 1 heterocycles. The standard InChI is InChI=1S/C3H6INS/c4-6-5-2-1-3-5/h1-3H2. The molecule has 1 rings (SSSR count). The van der Waals surface area contributed by atoms with Gasteiger partial charge in [-0.15, -0.1) is 0 Å². The molecule has 6 heavy (non-hydrogen) atoms. The molecule has 3 heteroatoms. The zero-order valence-corrected chi connectivity index (χ0v) is 6.33. The summed E-state index contributed by atoms with van der Waals surface area (Å²) < 4.78 is 2.33. The van der Waals surface area contributed by atoms with E-state index in [9.17, 15) is 0 Å². The molecule has 0 unspecified atom stereocenters. The first-order chi connectivity index (χ1) is 2.93. The monoisotopic (exact) mass is 215 g/mol. The fourth-order valence-corrected chi connectivity index (χ4v) is 1.93. The Bertz CT molecular complexity index is 43.3. The highest BCUT2D eigenvalue weighted by molar-refractivity contribution is 14.2. The van der Waals surface area contributed by atoms with Crippen molar-refractivity contribution in [3.63, 3.8) is 0 Å². The molecular weight excluding hydrogens is 209 g/mol. The molecule has 1 aliphatic rings. The van der Waals surface area contributed by atoms with Crippen molar-refractivity contribution in [2.75, 3.05) is 13.1 Å². The second kappa shape index (κ2) is 2.37. The van der Waals surface area contributed by atoms with Gasteiger partial charge in [0.05, 0.1) is 0 Å². The zero-order chi connectivity index (χ0) is 4.41. The van der Waals surface area contributed by atoms with E-state index in [1.54, 1.807) is 0 Å². The molecule has 1 fully saturated rings. The molecule has 0 saturated carbocycles. The van der Waals surface area contributed by atoms with Crippen molar-refractivity contribution in [3.8, 4) is 0 Å². The zero-order valence-electron chi connectivity index (χ0n) is 3.35. The van der Waals surface area contributed by atoms with Crippen molar-refractivity contribution in [1.82, 2.24) is 4.31 Å². The highest BCUT2D eigenvalue weighted by Crippen LogP contribution is 2.23. The summed E-state index contributed by atoms with van der Waals surface area (Å²) in [5.74, 6) is 0. The minimum atomic E-state index is 1.30. The van der Waals surface area contributed by atoms with Crippen LogP contribution in [-0.4, -0.2) is 17.4 Å². The summed E-state index contributed by atoms with van der Waals surface area (Å²) in [7, 11) is 1.81. The third-order valence-electron chi connectivity index (χ3n) is 0.913. The Morgan fingerprint density at radius 3 is 2.17 bits per heavy atom. The molecule has 0 aromatic heterocycles. The number of nitrogens with zero attached hydrogens (tertiary/aromatic N) is 1. The van der Waals surface area contributed by atoms with Gasteiger partial charge in [-0.2, -0.15) is 0 Å². The maximum atomic E-state index is 2.33. The second-order valence-electron chi connectivity index (χ2n) is 1.35. The maximum Gasteiger partial charge on any atom is 0.0146 e. The molecule has 0 aromatic carbocycles. The van der Waals surface area contributed by atoms with E-state index >= 15 is 0 Å². The van der Waals surface area contributed by atoms with Gasteiger partial charge >= 0.3 is 0 Å². The smallest absolute Gasteiger partial charge is 0.0146 e. The second-order valence-corrected chi connectivity index (χ2v) is 3.19. The molecule has 0 amide bonds. The van der Waals surface area contributed by atoms with Gasteiger partial charge in [0, 0.05) is 34.3 Å². The van der Waals surface area contributed by atoms with E-state index in [2.05, 4.69) is 25.5 Å². The minimum absolute atomic E-state index is 1.30. The summed E-state index contributed by atoms with van der Waals surface area (Å²) in [5.41, 5.74) is 0. The molecule has 0 spiro atoms. The molecule has 1 aliphatic heterocycles. The van der Waals surface area contributed by atoms with Crippen LogP contribution in [0.2, 0.25) is 0 Å². The number of rotatable bonds is 1. The third-order valence-corrected chi connectivity index (χ3v) is 3.14. The van der Waals surface area contributed by atoms with Crippen LogP contribution in [0, 0.1) is 0 Å². The molecule has 0 atom stereocenters. The van der Waals surface area contributed by atoms with Crippen LogP contribution in [0.3, 0.4) is 0 Å². The topological polar surface area (TPSA) is 3.24 Å². The van der Waals surface area contributed by atoms with E-state index in [0.29, 0.717) is 0 Å². The van der Waals surface area contributed by atoms with Gasteiger partial charge in [-0.05, 0) is 15.5 Å². The highest BCUT2D eigenvalue weighted by Gasteiger charge is 2.11. The van der Waals surface area contributed by atoms with E-state index < -0.39 is 0 Å². The van der Waals surface area contributed by atoms with Crippen LogP contribution in [0.15, 0.2) is 0 Å². The highest BCUT2D eigenvalue weighted by atomic mass is 127. The van der Waals surface area contributed by atoms with Gasteiger partial charge in [0.1, 0.15) is 0 Å². The van der Waals surface area contributed by atoms with Crippen molar-refractivity contribution in [3.05, 3.63) is 0 Å². The van der Waals surface area contributed by atoms with E-state index in [0.717, 1.165) is 0 Å². The summed E-state index contributed by atoms with van der Waals surface area (Å²) >= 11 is 2.31. The summed E-state index contributed by atoms with van der Waals surface area (Å²) in [5, 5.41) is 0. The summed E-state index contributed by atoms with van der Waals surface area (Å²) in [6.45, 7) is 2.60. The van der Waals surface area contributed by atoms with Crippen molar-refractivity contribution in [2.24, 2.45) is 0 Å². The summed E-state index contributed by atoms with van der Waals surface area (Å²) in [6.07, 6.45) is 1.40. The lowest BCUT2D eigenvalue weighted by atomic mass is 10.3. The Hall–Kier alpha value is 1.04. The minimum Gasteiger partial charge on any atom is -0.242 e. The quantitative estimate of drug-likeness (QED) is 0.483. The maximum absolute atomic E-state index is 2.33. The van der Waals surface area contributed by atoms with Gasteiger partial charge in [0.25, 0.3) is 0 Å². The van der Waals surface area contributed by atoms with Crippen LogP contribution >= 0.6 is 30.3 Å². The lowest BCUT2D eigenvalue weighted by Crippen LogP contribution is -2.29. The van der Waals surface area contributed by atoms with Gasteiger partial charge in [-0.25, -0.2) is 4.31 Å². The van der Waals surface area contributed by atoms with E-state index in [1.165, 1.54) is 19.5 Å². The predicted molar refractivity (Wildman–Crippen MR) is 37.8 cm³/mol. The number of halogens is 1. The summed E-state index contributed by atoms with van der Waals surface area (Å²) in [4.78, 5) is 0. The van der Waals surface area contributed by atoms with Gasteiger partial charge in [0.2, 0.25) is 0 Å². The molecule has 0 aromatic rings. The molecule has 0 aliphatic carbocycles. The van der Waals surface area contributed by atoms with Crippen LogP contribution in [-0.2, 0) is 0 Å². The Balaban J connectivity index is 2.01. The van der Waals surface area contributed by atoms with E-state index in [4.69, 9.17) is 0 Å². The van der Waals surface area contributed by atoms with Gasteiger partial charge in [0.15, 0.2) is 0 Å². The average Bonchev–Trinajstić information content (AvgIpc) is 1.31. The lowest BCUT2D eigenvalue weighted by molar-refractivity contribution is 0.348. The van der Waals surface area contributed by atoms with Crippen LogP contribution in [0.1, 0.15) is 6.42 Å². The Kier molecular flexibility index (Phi) is 2.05. The fraction of sp³-hybridized carbons (Fsp3) is 1.00. The number of hydrogen-bond acceptors (Lipinski definition) is 2. The fourth-order valence-electron chi connectivity index (χ4n) is 0.356. The SMILES string of the molecule is ISN1CCC1. The first-order valence-corrected chi connectivity index (χ1v) is 5.29. The third kappa shape index (κ3) is 1.01. The van der Waals surface area contributed by atoms with E-state index in [1.807, 2.05) is 9.12 Å². The Labute approximate surface area is 54.2 Å². The average molecular weight is 215 g/mol.